The number of hydrogen-bond donors (Lipinski definition) is 1. The summed E-state index contributed by atoms with van der Waals surface area (Å²) in [6.45, 7) is 3.50. The first kappa shape index (κ1) is 23.2. The van der Waals surface area contributed by atoms with Gasteiger partial charge in [-0.05, 0) is 121 Å². The first-order valence-corrected chi connectivity index (χ1v) is 16.3. The second kappa shape index (κ2) is 12.6. The van der Waals surface area contributed by atoms with Crippen molar-refractivity contribution in [2.75, 3.05) is 0 Å². The second-order valence-corrected chi connectivity index (χ2v) is 12.6. The molecule has 0 aliphatic carbocycles. The van der Waals surface area contributed by atoms with Crippen LogP contribution in [-0.2, 0) is 0 Å². The quantitative estimate of drug-likeness (QED) is 0.194. The fourth-order valence-corrected chi connectivity index (χ4v) is 6.50. The van der Waals surface area contributed by atoms with Crippen LogP contribution in [0.3, 0.4) is 0 Å². The minimum Gasteiger partial charge on any atom is -0.507 e. The second-order valence-electron chi connectivity index (χ2n) is 12.6. The molecule has 8 rings (SSSR count). The number of rotatable bonds is 6. The highest BCUT2D eigenvalue weighted by Gasteiger charge is 2.21. The lowest BCUT2D eigenvalue weighted by Gasteiger charge is -2.13. The first-order chi connectivity index (χ1) is 27.6. The molecule has 1 N–H and O–H groups in total. The molecule has 50 heavy (non-hydrogen) atoms. The number of hydrogen-bond acceptors (Lipinski definition) is 3. The molecule has 0 saturated heterocycles. The molecule has 242 valence electrons. The Morgan fingerprint density at radius 2 is 1.32 bits per heavy atom. The molecule has 0 aliphatic rings. The number of pyridine rings is 1. The Bertz CT molecular complexity index is 2890. The van der Waals surface area contributed by atoms with E-state index in [1.807, 2.05) is 50.2 Å². The van der Waals surface area contributed by atoms with Gasteiger partial charge >= 0.3 is 0 Å². The maximum Gasteiger partial charge on any atom is 0.149 e. The number of phenols is 1. The number of phenolic OH excluding ortho intramolecular Hbond substituents is 1. The fourth-order valence-electron chi connectivity index (χ4n) is 6.50. The van der Waals surface area contributed by atoms with E-state index in [-0.39, 0.29) is 22.8 Å². The van der Waals surface area contributed by atoms with Gasteiger partial charge < -0.3 is 5.11 Å². The molecule has 8 aromatic rings. The molecule has 0 spiro atoms. The van der Waals surface area contributed by atoms with E-state index >= 15 is 0 Å². The lowest BCUT2D eigenvalue weighted by Crippen LogP contribution is -1.98. The number of fused-ring (bicyclic) bond motifs is 1. The van der Waals surface area contributed by atoms with Gasteiger partial charge in [0.1, 0.15) is 11.6 Å². The molecule has 2 aromatic heterocycles. The van der Waals surface area contributed by atoms with Crippen LogP contribution in [0, 0.1) is 27.6 Å². The molecular formula is C46H37N3O. The van der Waals surface area contributed by atoms with Crippen molar-refractivity contribution in [1.29, 1.82) is 0 Å². The van der Waals surface area contributed by atoms with Crippen molar-refractivity contribution in [3.63, 3.8) is 0 Å². The highest BCUT2D eigenvalue weighted by atomic mass is 16.3. The van der Waals surface area contributed by atoms with Gasteiger partial charge in [-0.15, -0.1) is 0 Å². The number of imidazole rings is 1. The summed E-state index contributed by atoms with van der Waals surface area (Å²) in [4.78, 5) is 9.92. The Morgan fingerprint density at radius 1 is 0.620 bits per heavy atom. The van der Waals surface area contributed by atoms with Crippen molar-refractivity contribution in [2.45, 2.75) is 27.6 Å². The van der Waals surface area contributed by atoms with Gasteiger partial charge in [-0.1, -0.05) is 96.0 Å². The first-order valence-electron chi connectivity index (χ1n) is 20.3. The van der Waals surface area contributed by atoms with E-state index in [9.17, 15) is 5.11 Å². The molecule has 0 aliphatic heterocycles. The van der Waals surface area contributed by atoms with E-state index < -0.39 is 37.1 Å². The van der Waals surface area contributed by atoms with Crippen LogP contribution in [0.4, 0.5) is 0 Å². The normalized spacial score (nSPS) is 13.8. The van der Waals surface area contributed by atoms with E-state index in [1.165, 1.54) is 0 Å². The third-order valence-corrected chi connectivity index (χ3v) is 8.98. The van der Waals surface area contributed by atoms with Gasteiger partial charge in [-0.25, -0.2) is 4.98 Å². The lowest BCUT2D eigenvalue weighted by molar-refractivity contribution is 0.472. The predicted molar refractivity (Wildman–Crippen MR) is 207 cm³/mol. The Hall–Kier alpha value is -6.26. The third kappa shape index (κ3) is 5.75. The van der Waals surface area contributed by atoms with Crippen LogP contribution < -0.4 is 0 Å². The van der Waals surface area contributed by atoms with E-state index in [0.717, 1.165) is 44.5 Å². The number of nitrogens with zero attached hydrogens (tertiary/aromatic N) is 3. The molecule has 2 heterocycles. The van der Waals surface area contributed by atoms with Crippen LogP contribution in [-0.4, -0.2) is 19.6 Å². The molecule has 4 nitrogen and oxygen atoms in total. The summed E-state index contributed by atoms with van der Waals surface area (Å²) < 4.78 is 68.1. The smallest absolute Gasteiger partial charge is 0.149 e. The van der Waals surface area contributed by atoms with Gasteiger partial charge in [0, 0.05) is 27.1 Å². The summed E-state index contributed by atoms with van der Waals surface area (Å²) in [5, 5.41) is 11.5. The average molecular weight is 656 g/mol. The highest BCUT2D eigenvalue weighted by Crippen LogP contribution is 2.41. The Kier molecular flexibility index (Phi) is 5.86. The van der Waals surface area contributed by atoms with Crippen molar-refractivity contribution >= 4 is 11.0 Å². The highest BCUT2D eigenvalue weighted by molar-refractivity contribution is 5.97. The zero-order valence-electron chi connectivity index (χ0n) is 35.8. The van der Waals surface area contributed by atoms with Gasteiger partial charge in [-0.3, -0.25) is 9.55 Å². The zero-order valence-corrected chi connectivity index (χ0v) is 27.8. The molecule has 0 amide bonds. The molecule has 0 unspecified atom stereocenters. The number of benzene rings is 6. The topological polar surface area (TPSA) is 50.9 Å². The summed E-state index contributed by atoms with van der Waals surface area (Å²) in [5.41, 5.74) is 10.7. The summed E-state index contributed by atoms with van der Waals surface area (Å²) >= 11 is 0. The van der Waals surface area contributed by atoms with Gasteiger partial charge in [0.05, 0.1) is 29.1 Å². The molecule has 0 saturated carbocycles. The van der Waals surface area contributed by atoms with Gasteiger partial charge in [0.2, 0.25) is 0 Å². The molecule has 6 aromatic carbocycles. The fraction of sp³-hybridized carbons (Fsp3) is 0.0870. The number of aryl methyl sites for hydroxylation is 4. The molecule has 0 atom stereocenters. The molecular weight excluding hydrogens is 611 g/mol. The Labute approximate surface area is 304 Å². The maximum atomic E-state index is 11.5. The molecule has 0 fully saturated rings. The summed E-state index contributed by atoms with van der Waals surface area (Å²) in [6, 6.07) is 32.0. The van der Waals surface area contributed by atoms with Crippen LogP contribution in [0.2, 0.25) is 0 Å². The van der Waals surface area contributed by atoms with E-state index in [1.54, 1.807) is 54.1 Å². The van der Waals surface area contributed by atoms with E-state index in [4.69, 9.17) is 20.9 Å². The Morgan fingerprint density at radius 3 is 2.08 bits per heavy atom. The summed E-state index contributed by atoms with van der Waals surface area (Å²) in [7, 11) is 0. The largest absolute Gasteiger partial charge is 0.507 e. The van der Waals surface area contributed by atoms with Crippen LogP contribution in [0.1, 0.15) is 33.2 Å². The van der Waals surface area contributed by atoms with Crippen LogP contribution in [0.15, 0.2) is 146 Å². The van der Waals surface area contributed by atoms with Crippen molar-refractivity contribution in [2.24, 2.45) is 0 Å². The standard InChI is InChI=1S/C46H37N3O/c1-29-13-17-33(18-14-29)35-21-22-47-42(28-35)38-26-36(34-19-15-30(2)16-20-34)25-37(27-38)40-11-8-12-43-44(40)48-46(49(43)39-9-6-5-7-10-39)41-24-31(3)23-32(4)45(41)50/h5-28,50H,1-4H3/i1D3,5D,6D,7D,9D,10D. The SMILES string of the molecule is [2H]c1c([2H])c([2H])c(-n2c(-c3cc(C)cc(C)c3O)nc3c(-c4cc(-c5ccc(C)cc5)cc(-c5cc(-c6ccc(C([2H])([2H])[2H])cc6)ccn5)c4)cccc32)c([2H])c1[2H]. The average Bonchev–Trinajstić information content (AvgIpc) is 3.59. The van der Waals surface area contributed by atoms with Crippen molar-refractivity contribution in [3.05, 3.63) is 168 Å². The van der Waals surface area contributed by atoms with Crippen LogP contribution in [0.5, 0.6) is 5.75 Å². The third-order valence-electron chi connectivity index (χ3n) is 8.98. The molecule has 0 radical (unpaired) electrons. The predicted octanol–water partition coefficient (Wildman–Crippen LogP) is 11.7. The summed E-state index contributed by atoms with van der Waals surface area (Å²) in [6.07, 6.45) is 1.73. The zero-order chi connectivity index (χ0) is 41.2. The monoisotopic (exact) mass is 655 g/mol. The van der Waals surface area contributed by atoms with Crippen LogP contribution in [0.25, 0.3) is 72.7 Å². The van der Waals surface area contributed by atoms with E-state index in [0.29, 0.717) is 33.4 Å². The van der Waals surface area contributed by atoms with Crippen molar-refractivity contribution < 1.29 is 16.1 Å². The number of para-hydroxylation sites is 2. The van der Waals surface area contributed by atoms with Crippen LogP contribution >= 0.6 is 0 Å². The van der Waals surface area contributed by atoms with Gasteiger partial charge in [-0.2, -0.15) is 0 Å². The minimum absolute atomic E-state index is 0.0290. The van der Waals surface area contributed by atoms with Crippen molar-refractivity contribution in [3.8, 4) is 67.5 Å². The lowest BCUT2D eigenvalue weighted by atomic mass is 9.93. The molecule has 0 bridgehead atoms. The van der Waals surface area contributed by atoms with Gasteiger partial charge in [0.15, 0.2) is 0 Å². The number of aromatic nitrogens is 3. The minimum atomic E-state index is -2.21. The molecule has 4 heteroatoms. The number of aromatic hydroxyl groups is 1. The maximum absolute atomic E-state index is 11.5. The van der Waals surface area contributed by atoms with Crippen molar-refractivity contribution in [1.82, 2.24) is 14.5 Å². The summed E-state index contributed by atoms with van der Waals surface area (Å²) in [5.74, 6) is 0.192. The van der Waals surface area contributed by atoms with Gasteiger partial charge in [0.25, 0.3) is 0 Å². The Balaban J connectivity index is 1.39. The van der Waals surface area contributed by atoms with E-state index in [2.05, 4.69) is 36.4 Å².